The summed E-state index contributed by atoms with van der Waals surface area (Å²) in [5.41, 5.74) is 1.26. The van der Waals surface area contributed by atoms with Gasteiger partial charge in [-0.2, -0.15) is 0 Å². The molecule has 0 aromatic heterocycles. The Bertz CT molecular complexity index is 1130. The summed E-state index contributed by atoms with van der Waals surface area (Å²) < 4.78 is 5.57. The molecule has 4 rings (SSSR count). The molecule has 4 aromatic carbocycles. The molecule has 0 amide bonds. The van der Waals surface area contributed by atoms with Gasteiger partial charge in [0, 0.05) is 5.56 Å². The Hall–Kier alpha value is -3.74. The molecule has 0 heterocycles. The zero-order valence-corrected chi connectivity index (χ0v) is 17.7. The van der Waals surface area contributed by atoms with Gasteiger partial charge in [0.05, 0.1) is 16.5 Å². The molecule has 4 aromatic rings. The summed E-state index contributed by atoms with van der Waals surface area (Å²) in [6, 6.07) is 37.7. The lowest BCUT2D eigenvalue weighted by atomic mass is 10.1. The number of ether oxygens (including phenoxy) is 1. The van der Waals surface area contributed by atoms with Gasteiger partial charge in [0.2, 0.25) is 0 Å². The Morgan fingerprint density at radius 1 is 0.677 bits per heavy atom. The average molecular weight is 422 g/mol. The van der Waals surface area contributed by atoms with E-state index in [0.29, 0.717) is 5.56 Å². The van der Waals surface area contributed by atoms with Gasteiger partial charge in [0.1, 0.15) is 0 Å². The molecule has 1 unspecified atom stereocenters. The lowest BCUT2D eigenvalue weighted by Gasteiger charge is -2.13. The smallest absolute Gasteiger partial charge is 0.339 e. The molecular weight excluding hydrogens is 400 g/mol. The first kappa shape index (κ1) is 20.5. The third kappa shape index (κ3) is 4.88. The van der Waals surface area contributed by atoms with Crippen molar-refractivity contribution in [3.05, 3.63) is 126 Å². The topological polar surface area (TPSA) is 26.3 Å². The van der Waals surface area contributed by atoms with Gasteiger partial charge in [-0.15, -0.1) is 6.42 Å². The van der Waals surface area contributed by atoms with Gasteiger partial charge in [0.25, 0.3) is 0 Å². The van der Waals surface area contributed by atoms with E-state index < -0.39 is 12.1 Å². The molecule has 3 heteroatoms. The van der Waals surface area contributed by atoms with Crippen LogP contribution in [0.5, 0.6) is 0 Å². The first-order valence-electron chi connectivity index (χ1n) is 9.93. The summed E-state index contributed by atoms with van der Waals surface area (Å²) in [6.45, 7) is 0. The van der Waals surface area contributed by atoms with Gasteiger partial charge in [-0.25, -0.2) is 4.79 Å². The van der Waals surface area contributed by atoms with Crippen LogP contribution in [0.15, 0.2) is 130 Å². The van der Waals surface area contributed by atoms with Crippen molar-refractivity contribution in [2.75, 3.05) is 0 Å². The van der Waals surface area contributed by atoms with Gasteiger partial charge in [0.15, 0.2) is 20.8 Å². The van der Waals surface area contributed by atoms with Crippen LogP contribution in [-0.4, -0.2) is 5.97 Å². The average Bonchev–Trinajstić information content (AvgIpc) is 2.85. The van der Waals surface area contributed by atoms with E-state index in [0.717, 1.165) is 10.5 Å². The van der Waals surface area contributed by atoms with E-state index in [1.54, 1.807) is 0 Å². The Balaban J connectivity index is 1.59. The van der Waals surface area contributed by atoms with Crippen molar-refractivity contribution in [1.82, 2.24) is 0 Å². The largest absolute Gasteiger partial charge is 0.441 e. The normalized spacial score (nSPS) is 11.5. The molecule has 31 heavy (non-hydrogen) atoms. The molecule has 0 N–H and O–H groups in total. The molecule has 0 radical (unpaired) electrons. The fourth-order valence-corrected chi connectivity index (χ4v) is 5.33. The fraction of sp³-hybridized carbons (Fsp3) is 0.0357. The number of rotatable bonds is 6. The van der Waals surface area contributed by atoms with Crippen molar-refractivity contribution in [3.63, 3.8) is 0 Å². The second kappa shape index (κ2) is 9.84. The first-order chi connectivity index (χ1) is 15.3. The minimum atomic E-state index is -0.711. The van der Waals surface area contributed by atoms with Crippen LogP contribution >= 0.6 is 0 Å². The molecule has 0 aliphatic rings. The third-order valence-corrected chi connectivity index (χ3v) is 6.99. The number of carbonyl (C=O) groups is 1. The summed E-state index contributed by atoms with van der Waals surface area (Å²) in [7, 11) is -0.263. The highest BCUT2D eigenvalue weighted by Gasteiger charge is 2.28. The van der Waals surface area contributed by atoms with Crippen molar-refractivity contribution >= 4 is 16.9 Å². The van der Waals surface area contributed by atoms with Crippen LogP contribution < -0.4 is 0 Å². The van der Waals surface area contributed by atoms with Crippen molar-refractivity contribution in [2.24, 2.45) is 0 Å². The minimum absolute atomic E-state index is 0.263. The second-order valence-corrected chi connectivity index (χ2v) is 8.85. The monoisotopic (exact) mass is 421 g/mol. The quantitative estimate of drug-likeness (QED) is 0.207. The van der Waals surface area contributed by atoms with Gasteiger partial charge >= 0.3 is 5.97 Å². The maximum atomic E-state index is 12.7. The number of hydrogen-bond acceptors (Lipinski definition) is 2. The standard InChI is InChI=1S/C28H21O2S/c1-2-27(22-12-6-3-7-13-22)30-28(29)23-18-20-26(21-19-23)31(24-14-8-4-9-15-24)25-16-10-5-11-17-25/h1,3-21,27H/q+1. The van der Waals surface area contributed by atoms with Crippen LogP contribution in [0.1, 0.15) is 22.0 Å². The zero-order chi connectivity index (χ0) is 21.5. The number of esters is 1. The third-order valence-electron chi connectivity index (χ3n) is 4.76. The van der Waals surface area contributed by atoms with Gasteiger partial charge in [-0.05, 0) is 48.5 Å². The van der Waals surface area contributed by atoms with Crippen molar-refractivity contribution in [2.45, 2.75) is 20.8 Å². The van der Waals surface area contributed by atoms with E-state index >= 15 is 0 Å². The van der Waals surface area contributed by atoms with Crippen LogP contribution in [0.3, 0.4) is 0 Å². The zero-order valence-electron chi connectivity index (χ0n) is 16.8. The highest BCUT2D eigenvalue weighted by molar-refractivity contribution is 7.97. The van der Waals surface area contributed by atoms with Crippen LogP contribution in [0.4, 0.5) is 0 Å². The van der Waals surface area contributed by atoms with E-state index in [4.69, 9.17) is 11.2 Å². The Kier molecular flexibility index (Phi) is 6.52. The van der Waals surface area contributed by atoms with Crippen LogP contribution in [0.25, 0.3) is 0 Å². The van der Waals surface area contributed by atoms with Crippen molar-refractivity contribution in [1.29, 1.82) is 0 Å². The van der Waals surface area contributed by atoms with E-state index in [2.05, 4.69) is 30.2 Å². The summed E-state index contributed by atoms with van der Waals surface area (Å²) in [6.07, 6.45) is 4.89. The summed E-state index contributed by atoms with van der Waals surface area (Å²) in [5, 5.41) is 0. The number of benzene rings is 4. The molecule has 0 saturated carbocycles. The van der Waals surface area contributed by atoms with Gasteiger partial charge in [-0.1, -0.05) is 72.7 Å². The van der Waals surface area contributed by atoms with E-state index in [1.807, 2.05) is 91.0 Å². The molecule has 2 nitrogen and oxygen atoms in total. The molecule has 0 aliphatic carbocycles. The summed E-state index contributed by atoms with van der Waals surface area (Å²) >= 11 is 0. The van der Waals surface area contributed by atoms with Gasteiger partial charge in [-0.3, -0.25) is 0 Å². The molecule has 0 saturated heterocycles. The predicted molar refractivity (Wildman–Crippen MR) is 125 cm³/mol. The second-order valence-electron chi connectivity index (χ2n) is 6.82. The van der Waals surface area contributed by atoms with Crippen LogP contribution in [0.2, 0.25) is 0 Å². The molecule has 0 spiro atoms. The highest BCUT2D eigenvalue weighted by Crippen LogP contribution is 2.31. The summed E-state index contributed by atoms with van der Waals surface area (Å²) in [4.78, 5) is 16.3. The van der Waals surface area contributed by atoms with Crippen molar-refractivity contribution < 1.29 is 9.53 Å². The SMILES string of the molecule is C#CC(OC(=O)c1ccc([S+](c2ccccc2)c2ccccc2)cc1)c1ccccc1. The molecule has 0 aliphatic heterocycles. The maximum Gasteiger partial charge on any atom is 0.339 e. The van der Waals surface area contributed by atoms with Crippen molar-refractivity contribution in [3.8, 4) is 12.3 Å². The molecule has 150 valence electrons. The Morgan fingerprint density at radius 3 is 1.61 bits per heavy atom. The fourth-order valence-electron chi connectivity index (χ4n) is 3.25. The highest BCUT2D eigenvalue weighted by atomic mass is 32.2. The van der Waals surface area contributed by atoms with Crippen LogP contribution in [0, 0.1) is 12.3 Å². The Morgan fingerprint density at radius 2 is 1.13 bits per heavy atom. The summed E-state index contributed by atoms with van der Waals surface area (Å²) in [5.74, 6) is 2.12. The predicted octanol–water partition coefficient (Wildman–Crippen LogP) is 6.31. The van der Waals surface area contributed by atoms with E-state index in [-0.39, 0.29) is 10.9 Å². The molecular formula is C28H21O2S+. The van der Waals surface area contributed by atoms with E-state index in [1.165, 1.54) is 9.79 Å². The molecule has 0 fully saturated rings. The lowest BCUT2D eigenvalue weighted by Crippen LogP contribution is -2.11. The number of terminal acetylenes is 1. The molecule has 1 atom stereocenters. The Labute approximate surface area is 185 Å². The minimum Gasteiger partial charge on any atom is -0.441 e. The lowest BCUT2D eigenvalue weighted by molar-refractivity contribution is 0.0408. The number of carbonyl (C=O) groups excluding carboxylic acids is 1. The maximum absolute atomic E-state index is 12.7. The first-order valence-corrected chi connectivity index (χ1v) is 11.2. The van der Waals surface area contributed by atoms with Crippen LogP contribution in [-0.2, 0) is 15.6 Å². The van der Waals surface area contributed by atoms with E-state index in [9.17, 15) is 4.79 Å². The molecule has 0 bridgehead atoms. The number of hydrogen-bond donors (Lipinski definition) is 0. The van der Waals surface area contributed by atoms with Gasteiger partial charge < -0.3 is 4.74 Å².